The monoisotopic (exact) mass is 385 g/mol. The molecule has 1 fully saturated rings. The van der Waals surface area contributed by atoms with Crippen LogP contribution in [0, 0.1) is 6.92 Å². The van der Waals surface area contributed by atoms with Gasteiger partial charge in [0.1, 0.15) is 0 Å². The van der Waals surface area contributed by atoms with Crippen LogP contribution >= 0.6 is 12.2 Å². The number of rotatable bonds is 6. The molecule has 0 unspecified atom stereocenters. The Kier molecular flexibility index (Phi) is 6.85. The van der Waals surface area contributed by atoms with E-state index in [4.69, 9.17) is 12.2 Å². The van der Waals surface area contributed by atoms with Gasteiger partial charge in [-0.2, -0.15) is 5.10 Å². The second kappa shape index (κ2) is 9.33. The zero-order chi connectivity index (χ0) is 19.2. The van der Waals surface area contributed by atoms with Gasteiger partial charge in [-0.05, 0) is 49.7 Å². The van der Waals surface area contributed by atoms with E-state index in [2.05, 4.69) is 64.5 Å². The van der Waals surface area contributed by atoms with Gasteiger partial charge in [0, 0.05) is 57.2 Å². The van der Waals surface area contributed by atoms with E-state index >= 15 is 0 Å². The number of nitrogens with one attached hydrogen (secondary N) is 1. The first-order chi connectivity index (χ1) is 13.0. The summed E-state index contributed by atoms with van der Waals surface area (Å²) in [6.45, 7) is 9.23. The standard InChI is InChI=1S/C21H31N5S/c1-4-5-6-18-7-9-20(10-8-18)22-21(27)26-13-11-25(12-14-26)16-19-15-24(3)23-17(19)2/h7-10,15H,4-6,11-14,16H2,1-3H3,(H,22,27). The van der Waals surface area contributed by atoms with Crippen molar-refractivity contribution >= 4 is 23.0 Å². The minimum Gasteiger partial charge on any atom is -0.346 e. The number of unbranched alkanes of at least 4 members (excludes halogenated alkanes) is 1. The summed E-state index contributed by atoms with van der Waals surface area (Å²) in [6.07, 6.45) is 5.75. The Morgan fingerprint density at radius 2 is 1.85 bits per heavy atom. The number of aryl methyl sites for hydroxylation is 3. The maximum Gasteiger partial charge on any atom is 0.173 e. The van der Waals surface area contributed by atoms with E-state index in [1.54, 1.807) is 0 Å². The van der Waals surface area contributed by atoms with Crippen molar-refractivity contribution < 1.29 is 0 Å². The molecule has 6 heteroatoms. The van der Waals surface area contributed by atoms with Gasteiger partial charge in [-0.3, -0.25) is 9.58 Å². The largest absolute Gasteiger partial charge is 0.346 e. The van der Waals surface area contributed by atoms with Crippen molar-refractivity contribution in [2.24, 2.45) is 7.05 Å². The maximum absolute atomic E-state index is 5.63. The Bertz CT molecular complexity index is 744. The third-order valence-electron chi connectivity index (χ3n) is 5.19. The summed E-state index contributed by atoms with van der Waals surface area (Å²) in [5.74, 6) is 0. The van der Waals surface area contributed by atoms with Crippen LogP contribution in [0.3, 0.4) is 0 Å². The van der Waals surface area contributed by atoms with Crippen molar-refractivity contribution in [3.8, 4) is 0 Å². The molecule has 0 spiro atoms. The van der Waals surface area contributed by atoms with Gasteiger partial charge in [0.15, 0.2) is 5.11 Å². The Labute approximate surface area is 168 Å². The van der Waals surface area contributed by atoms with Crippen molar-refractivity contribution in [1.29, 1.82) is 0 Å². The van der Waals surface area contributed by atoms with Gasteiger partial charge in [0.2, 0.25) is 0 Å². The van der Waals surface area contributed by atoms with Gasteiger partial charge in [-0.1, -0.05) is 25.5 Å². The minimum absolute atomic E-state index is 0.827. The fourth-order valence-corrected chi connectivity index (χ4v) is 3.79. The predicted octanol–water partition coefficient (Wildman–Crippen LogP) is 3.59. The van der Waals surface area contributed by atoms with Crippen LogP contribution in [-0.4, -0.2) is 50.9 Å². The van der Waals surface area contributed by atoms with Gasteiger partial charge >= 0.3 is 0 Å². The average Bonchev–Trinajstić information content (AvgIpc) is 2.98. The summed E-state index contributed by atoms with van der Waals surface area (Å²) in [6, 6.07) is 8.68. The van der Waals surface area contributed by atoms with E-state index in [0.29, 0.717) is 0 Å². The van der Waals surface area contributed by atoms with E-state index in [9.17, 15) is 0 Å². The maximum atomic E-state index is 5.63. The van der Waals surface area contributed by atoms with Crippen LogP contribution in [0.4, 0.5) is 5.69 Å². The average molecular weight is 386 g/mol. The van der Waals surface area contributed by atoms with E-state index < -0.39 is 0 Å². The van der Waals surface area contributed by atoms with Crippen molar-refractivity contribution in [1.82, 2.24) is 19.6 Å². The van der Waals surface area contributed by atoms with Crippen LogP contribution in [-0.2, 0) is 20.0 Å². The van der Waals surface area contributed by atoms with Crippen LogP contribution in [0.25, 0.3) is 0 Å². The zero-order valence-electron chi connectivity index (χ0n) is 16.7. The first-order valence-corrected chi connectivity index (χ1v) is 10.3. The number of thiocarbonyl (C=S) groups is 1. The molecule has 27 heavy (non-hydrogen) atoms. The number of hydrogen-bond acceptors (Lipinski definition) is 3. The Morgan fingerprint density at radius 3 is 2.44 bits per heavy atom. The van der Waals surface area contributed by atoms with Gasteiger partial charge in [0.05, 0.1) is 5.69 Å². The molecule has 146 valence electrons. The lowest BCUT2D eigenvalue weighted by Crippen LogP contribution is -2.49. The van der Waals surface area contributed by atoms with Crippen molar-refractivity contribution in [2.45, 2.75) is 39.7 Å². The highest BCUT2D eigenvalue weighted by Gasteiger charge is 2.20. The third kappa shape index (κ3) is 5.53. The molecule has 0 saturated carbocycles. The third-order valence-corrected chi connectivity index (χ3v) is 5.55. The summed E-state index contributed by atoms with van der Waals surface area (Å²) in [4.78, 5) is 4.75. The fourth-order valence-electron chi connectivity index (χ4n) is 3.49. The molecule has 1 aliphatic rings. The number of aromatic nitrogens is 2. The Balaban J connectivity index is 1.46. The molecular formula is C21H31N5S. The first kappa shape index (κ1) is 19.8. The second-order valence-electron chi connectivity index (χ2n) is 7.41. The van der Waals surface area contributed by atoms with Crippen LogP contribution in [0.5, 0.6) is 0 Å². The number of anilines is 1. The molecule has 0 bridgehead atoms. The number of benzene rings is 1. The summed E-state index contributed by atoms with van der Waals surface area (Å²) in [5.41, 5.74) is 4.91. The molecule has 0 radical (unpaired) electrons. The lowest BCUT2D eigenvalue weighted by atomic mass is 10.1. The SMILES string of the molecule is CCCCc1ccc(NC(=S)N2CCN(Cc3cn(C)nc3C)CC2)cc1. The molecular weight excluding hydrogens is 354 g/mol. The van der Waals surface area contributed by atoms with Crippen molar-refractivity contribution in [3.63, 3.8) is 0 Å². The summed E-state index contributed by atoms with van der Waals surface area (Å²) < 4.78 is 1.90. The van der Waals surface area contributed by atoms with E-state index in [-0.39, 0.29) is 0 Å². The normalized spacial score (nSPS) is 15.1. The van der Waals surface area contributed by atoms with Gasteiger partial charge in [0.25, 0.3) is 0 Å². The molecule has 1 aliphatic heterocycles. The molecule has 1 N–H and O–H groups in total. The topological polar surface area (TPSA) is 36.3 Å². The quantitative estimate of drug-likeness (QED) is 0.769. The smallest absolute Gasteiger partial charge is 0.173 e. The molecule has 2 heterocycles. The molecule has 1 saturated heterocycles. The number of nitrogens with zero attached hydrogens (tertiary/aromatic N) is 4. The predicted molar refractivity (Wildman–Crippen MR) is 116 cm³/mol. The highest BCUT2D eigenvalue weighted by molar-refractivity contribution is 7.80. The molecule has 0 atom stereocenters. The Hall–Kier alpha value is -1.92. The van der Waals surface area contributed by atoms with Gasteiger partial charge in [-0.25, -0.2) is 0 Å². The highest BCUT2D eigenvalue weighted by Crippen LogP contribution is 2.15. The van der Waals surface area contributed by atoms with Gasteiger partial charge < -0.3 is 10.2 Å². The lowest BCUT2D eigenvalue weighted by Gasteiger charge is -2.36. The molecule has 0 amide bonds. The molecule has 0 aliphatic carbocycles. The second-order valence-corrected chi connectivity index (χ2v) is 7.79. The van der Waals surface area contributed by atoms with Crippen LogP contribution in [0.2, 0.25) is 0 Å². The highest BCUT2D eigenvalue weighted by atomic mass is 32.1. The molecule has 1 aromatic carbocycles. The van der Waals surface area contributed by atoms with E-state index in [0.717, 1.165) is 55.6 Å². The molecule has 5 nitrogen and oxygen atoms in total. The zero-order valence-corrected chi connectivity index (χ0v) is 17.6. The van der Waals surface area contributed by atoms with E-state index in [1.165, 1.54) is 24.0 Å². The lowest BCUT2D eigenvalue weighted by molar-refractivity contribution is 0.176. The first-order valence-electron chi connectivity index (χ1n) is 9.91. The summed E-state index contributed by atoms with van der Waals surface area (Å²) in [5, 5.41) is 8.66. The Morgan fingerprint density at radius 1 is 1.15 bits per heavy atom. The number of hydrogen-bond donors (Lipinski definition) is 1. The fraction of sp³-hybridized carbons (Fsp3) is 0.524. The van der Waals surface area contributed by atoms with E-state index in [1.807, 2.05) is 11.7 Å². The van der Waals surface area contributed by atoms with Gasteiger partial charge in [-0.15, -0.1) is 0 Å². The number of piperazine rings is 1. The summed E-state index contributed by atoms with van der Waals surface area (Å²) >= 11 is 5.63. The summed E-state index contributed by atoms with van der Waals surface area (Å²) in [7, 11) is 1.98. The van der Waals surface area contributed by atoms with Crippen molar-refractivity contribution in [2.75, 3.05) is 31.5 Å². The van der Waals surface area contributed by atoms with Crippen LogP contribution in [0.15, 0.2) is 30.5 Å². The van der Waals surface area contributed by atoms with Crippen molar-refractivity contribution in [3.05, 3.63) is 47.3 Å². The van der Waals surface area contributed by atoms with Crippen LogP contribution in [0.1, 0.15) is 36.6 Å². The minimum atomic E-state index is 0.827. The molecule has 2 aromatic rings. The molecule has 1 aromatic heterocycles. The molecule has 3 rings (SSSR count). The van der Waals surface area contributed by atoms with Crippen LogP contribution < -0.4 is 5.32 Å².